The normalized spacial score (nSPS) is 14.0. The number of benzene rings is 10. The van der Waals surface area contributed by atoms with Gasteiger partial charge in [-0.15, -0.1) is 0 Å². The van der Waals surface area contributed by atoms with Crippen LogP contribution in [0.2, 0.25) is 19.6 Å². The number of hydrogen-bond donors (Lipinski definition) is 0. The summed E-state index contributed by atoms with van der Waals surface area (Å²) in [5.41, 5.74) is 28.2. The van der Waals surface area contributed by atoms with E-state index in [4.69, 9.17) is 0 Å². The van der Waals surface area contributed by atoms with Crippen LogP contribution in [0.1, 0.15) is 27.8 Å². The number of nitrogens with zero attached hydrogens (tertiary/aromatic N) is 2. The molecule has 0 unspecified atom stereocenters. The molecule has 0 saturated heterocycles. The Bertz CT molecular complexity index is 3770. The van der Waals surface area contributed by atoms with E-state index in [9.17, 15) is 0 Å². The van der Waals surface area contributed by atoms with Crippen LogP contribution in [-0.4, -0.2) is 21.5 Å². The highest BCUT2D eigenvalue weighted by Crippen LogP contribution is 2.49. The third-order valence-corrected chi connectivity index (χ3v) is 17.6. The molecule has 10 aromatic rings. The summed E-state index contributed by atoms with van der Waals surface area (Å²) in [5, 5.41) is 10.3. The number of rotatable bonds is 3. The van der Waals surface area contributed by atoms with Gasteiger partial charge >= 0.3 is 0 Å². The molecular formula is C60H48B2N2Si. The van der Waals surface area contributed by atoms with Crippen molar-refractivity contribution in [1.29, 1.82) is 0 Å². The number of para-hydroxylation sites is 2. The molecule has 0 N–H and O–H groups in total. The summed E-state index contributed by atoms with van der Waals surface area (Å²) in [4.78, 5) is 5.10. The number of fused-ring (bicyclic) bond motifs is 8. The largest absolute Gasteiger partial charge is 0.311 e. The maximum absolute atomic E-state index is 2.71. The third kappa shape index (κ3) is 4.87. The van der Waals surface area contributed by atoms with Crippen molar-refractivity contribution in [2.75, 3.05) is 9.80 Å². The molecule has 4 heterocycles. The molecule has 0 aliphatic carbocycles. The van der Waals surface area contributed by atoms with E-state index in [0.717, 1.165) is 0 Å². The standard InChI is InChI=1S/C60H48B2N2Si/c1-33-19-21-46-50(25-33)64(39-17-13-10-14-18-39)53-28-36(4)24-44-42-32-54(65(6,7)8)45-31-49-55-41(29-37(5)40-30-48(61(46)60(44)53)56(42)58(45)57(40)55)43-23-35(3)27-52-59(43)62(49)47-22-20-34(2)26-51(47)63(52)38-15-11-9-12-16-38/h9-32H,1-8H3. The smallest absolute Gasteiger partial charge is 0.248 e. The molecule has 2 nitrogen and oxygen atoms in total. The molecule has 0 fully saturated rings. The lowest BCUT2D eigenvalue weighted by atomic mass is 9.31. The van der Waals surface area contributed by atoms with Crippen molar-refractivity contribution in [2.45, 2.75) is 54.3 Å². The predicted octanol–water partition coefficient (Wildman–Crippen LogP) is 11.2. The minimum absolute atomic E-state index is 0.0998. The molecule has 14 rings (SSSR count). The molecule has 4 aliphatic heterocycles. The molecule has 5 heteroatoms. The van der Waals surface area contributed by atoms with Gasteiger partial charge in [0.1, 0.15) is 0 Å². The Morgan fingerprint density at radius 2 is 0.815 bits per heavy atom. The summed E-state index contributed by atoms with van der Waals surface area (Å²) in [5.74, 6) is 0. The van der Waals surface area contributed by atoms with Gasteiger partial charge in [0.2, 0.25) is 13.4 Å². The summed E-state index contributed by atoms with van der Waals surface area (Å²) in [7, 11) is -1.96. The van der Waals surface area contributed by atoms with Crippen LogP contribution in [0.4, 0.5) is 34.1 Å². The zero-order chi connectivity index (χ0) is 43.9. The van der Waals surface area contributed by atoms with Crippen LogP contribution in [0, 0.1) is 34.6 Å². The third-order valence-electron chi connectivity index (χ3n) is 15.5. The molecule has 0 aromatic heterocycles. The molecular weight excluding hydrogens is 798 g/mol. The average molecular weight is 847 g/mol. The lowest BCUT2D eigenvalue weighted by molar-refractivity contribution is 1.27. The van der Waals surface area contributed by atoms with Gasteiger partial charge < -0.3 is 9.80 Å². The minimum atomic E-state index is -1.96. The van der Waals surface area contributed by atoms with Gasteiger partial charge in [-0.25, -0.2) is 0 Å². The fourth-order valence-corrected chi connectivity index (χ4v) is 14.6. The Labute approximate surface area is 383 Å². The first kappa shape index (κ1) is 37.6. The highest BCUT2D eigenvalue weighted by Gasteiger charge is 2.46. The first-order valence-corrected chi connectivity index (χ1v) is 27.0. The van der Waals surface area contributed by atoms with Gasteiger partial charge in [0.15, 0.2) is 0 Å². The molecule has 10 aromatic carbocycles. The molecule has 0 saturated carbocycles. The molecule has 0 radical (unpaired) electrons. The van der Waals surface area contributed by atoms with Gasteiger partial charge in [-0.3, -0.25) is 0 Å². The summed E-state index contributed by atoms with van der Waals surface area (Å²) < 4.78 is 0. The second kappa shape index (κ2) is 12.7. The second-order valence-corrected chi connectivity index (χ2v) is 25.9. The molecule has 0 spiro atoms. The Kier molecular flexibility index (Phi) is 7.34. The fraction of sp³-hybridized carbons (Fsp3) is 0.133. The van der Waals surface area contributed by atoms with E-state index >= 15 is 0 Å². The van der Waals surface area contributed by atoms with Crippen LogP contribution in [0.25, 0.3) is 54.6 Å². The van der Waals surface area contributed by atoms with Crippen LogP contribution in [-0.2, 0) is 0 Å². The van der Waals surface area contributed by atoms with Gasteiger partial charge in [0, 0.05) is 34.1 Å². The van der Waals surface area contributed by atoms with Gasteiger partial charge in [-0.05, 0) is 187 Å². The van der Waals surface area contributed by atoms with E-state index in [1.165, 1.54) is 149 Å². The van der Waals surface area contributed by atoms with Gasteiger partial charge in [-0.2, -0.15) is 0 Å². The van der Waals surface area contributed by atoms with Crippen molar-refractivity contribution in [1.82, 2.24) is 0 Å². The van der Waals surface area contributed by atoms with E-state index in [1.807, 2.05) is 0 Å². The van der Waals surface area contributed by atoms with Crippen molar-refractivity contribution in [3.05, 3.63) is 173 Å². The van der Waals surface area contributed by atoms with Gasteiger partial charge in [0.25, 0.3) is 0 Å². The summed E-state index contributed by atoms with van der Waals surface area (Å²) >= 11 is 0. The van der Waals surface area contributed by atoms with Crippen molar-refractivity contribution in [2.24, 2.45) is 0 Å². The van der Waals surface area contributed by atoms with Crippen LogP contribution >= 0.6 is 0 Å². The highest BCUT2D eigenvalue weighted by atomic mass is 28.3. The van der Waals surface area contributed by atoms with Crippen molar-refractivity contribution < 1.29 is 0 Å². The fourth-order valence-electron chi connectivity index (χ4n) is 13.0. The minimum Gasteiger partial charge on any atom is -0.311 e. The predicted molar refractivity (Wildman–Crippen MR) is 286 cm³/mol. The summed E-state index contributed by atoms with van der Waals surface area (Å²) in [6.45, 7) is 19.4. The monoisotopic (exact) mass is 846 g/mol. The van der Waals surface area contributed by atoms with E-state index in [-0.39, 0.29) is 13.4 Å². The molecule has 65 heavy (non-hydrogen) atoms. The summed E-state index contributed by atoms with van der Waals surface area (Å²) in [6, 6.07) is 57.0. The van der Waals surface area contributed by atoms with Crippen molar-refractivity contribution >= 4 is 126 Å². The maximum atomic E-state index is 2.71. The second-order valence-electron chi connectivity index (χ2n) is 20.8. The quantitative estimate of drug-likeness (QED) is 0.129. The van der Waals surface area contributed by atoms with Crippen LogP contribution in [0.5, 0.6) is 0 Å². The van der Waals surface area contributed by atoms with Gasteiger partial charge in [-0.1, -0.05) is 133 Å². The number of anilines is 6. The Morgan fingerprint density at radius 1 is 0.369 bits per heavy atom. The topological polar surface area (TPSA) is 6.48 Å². The Hall–Kier alpha value is -6.81. The Balaban J connectivity index is 1.16. The zero-order valence-electron chi connectivity index (χ0n) is 38.4. The first-order chi connectivity index (χ1) is 31.4. The molecule has 0 bridgehead atoms. The lowest BCUT2D eigenvalue weighted by Gasteiger charge is -2.43. The van der Waals surface area contributed by atoms with Gasteiger partial charge in [0.05, 0.1) is 8.07 Å². The first-order valence-electron chi connectivity index (χ1n) is 23.5. The van der Waals surface area contributed by atoms with E-state index in [1.54, 1.807) is 5.19 Å². The van der Waals surface area contributed by atoms with E-state index in [2.05, 4.69) is 210 Å². The van der Waals surface area contributed by atoms with E-state index in [0.29, 0.717) is 0 Å². The van der Waals surface area contributed by atoms with E-state index < -0.39 is 8.07 Å². The SMILES string of the molecule is Cc1ccc2c(c1)N(c1ccccc1)c1cc(C)cc3c1B2c1cc2c([Si](C)(C)C)cc4c5c(cc6c(C)cc-3c1c6c25)B1c2ccc(C)cc2N(c2ccccc2)c2cc(C)cc-4c21. The number of aryl methyl sites for hydroxylation is 5. The van der Waals surface area contributed by atoms with Crippen LogP contribution in [0.3, 0.4) is 0 Å². The molecule has 0 amide bonds. The molecule has 4 aliphatic rings. The molecule has 0 atom stereocenters. The molecule has 308 valence electrons. The van der Waals surface area contributed by atoms with Crippen LogP contribution in [0.15, 0.2) is 146 Å². The lowest BCUT2D eigenvalue weighted by Crippen LogP contribution is -2.60. The van der Waals surface area contributed by atoms with Crippen LogP contribution < -0.4 is 47.8 Å². The number of hydrogen-bond acceptors (Lipinski definition) is 2. The summed E-state index contributed by atoms with van der Waals surface area (Å²) in [6.07, 6.45) is 0. The zero-order valence-corrected chi connectivity index (χ0v) is 39.4. The maximum Gasteiger partial charge on any atom is 0.248 e. The highest BCUT2D eigenvalue weighted by molar-refractivity contribution is 7.03. The van der Waals surface area contributed by atoms with Crippen molar-refractivity contribution in [3.8, 4) is 22.3 Å². The average Bonchev–Trinajstić information content (AvgIpc) is 3.28. The van der Waals surface area contributed by atoms with Crippen molar-refractivity contribution in [3.63, 3.8) is 0 Å². The Morgan fingerprint density at radius 3 is 1.31 bits per heavy atom.